The van der Waals surface area contributed by atoms with E-state index in [1.165, 1.54) is 23.1 Å². The number of fused-ring (bicyclic) bond motifs is 1. The third-order valence-electron chi connectivity index (χ3n) is 6.25. The van der Waals surface area contributed by atoms with Crippen molar-refractivity contribution >= 4 is 79.5 Å². The number of nitrogens with one attached hydrogen (secondary N) is 3. The van der Waals surface area contributed by atoms with Crippen LogP contribution in [-0.4, -0.2) is 28.0 Å². The number of thiazole rings is 1. The summed E-state index contributed by atoms with van der Waals surface area (Å²) in [5.74, 6) is -1.07. The molecule has 0 bridgehead atoms. The molecule has 5 aromatic rings. The number of para-hydroxylation sites is 1. The summed E-state index contributed by atoms with van der Waals surface area (Å²) in [7, 11) is 0. The lowest BCUT2D eigenvalue weighted by molar-refractivity contribution is -0.116. The van der Waals surface area contributed by atoms with E-state index >= 15 is 0 Å². The number of rotatable bonds is 10. The van der Waals surface area contributed by atoms with Gasteiger partial charge in [0.05, 0.1) is 15.5 Å². The Morgan fingerprint density at radius 3 is 2.44 bits per heavy atom. The van der Waals surface area contributed by atoms with Gasteiger partial charge in [-0.25, -0.2) is 4.98 Å². The molecule has 43 heavy (non-hydrogen) atoms. The van der Waals surface area contributed by atoms with E-state index in [-0.39, 0.29) is 16.9 Å². The molecule has 1 unspecified atom stereocenters. The number of amides is 3. The van der Waals surface area contributed by atoms with Gasteiger partial charge in [-0.15, -0.1) is 11.8 Å². The average Bonchev–Trinajstić information content (AvgIpc) is 3.42. The molecule has 1 heterocycles. The first-order valence-corrected chi connectivity index (χ1v) is 15.5. The van der Waals surface area contributed by atoms with Gasteiger partial charge in [-0.3, -0.25) is 14.4 Å². The molecule has 1 atom stereocenters. The van der Waals surface area contributed by atoms with Crippen LogP contribution >= 0.6 is 34.7 Å². The maximum absolute atomic E-state index is 13.4. The van der Waals surface area contributed by atoms with Crippen LogP contribution in [0.4, 0.5) is 10.8 Å². The minimum atomic E-state index is -0.507. The molecule has 4 aromatic carbocycles. The SMILES string of the molecule is CCC(Sc1cccc(NC(=O)/C(=C/c2cccc(Cl)c2)NC(=O)c2ccccc2)c1)C(=O)Nc1nc2ccccc2s1. The highest BCUT2D eigenvalue weighted by Crippen LogP contribution is 2.30. The van der Waals surface area contributed by atoms with Gasteiger partial charge in [-0.1, -0.05) is 78.4 Å². The number of halogens is 1. The van der Waals surface area contributed by atoms with Crippen molar-refractivity contribution in [3.05, 3.63) is 125 Å². The molecule has 0 saturated carbocycles. The molecule has 0 aliphatic heterocycles. The lowest BCUT2D eigenvalue weighted by atomic mass is 10.1. The van der Waals surface area contributed by atoms with Crippen molar-refractivity contribution in [3.8, 4) is 0 Å². The Bertz CT molecular complexity index is 1770. The van der Waals surface area contributed by atoms with E-state index in [2.05, 4.69) is 20.9 Å². The number of carbonyl (C=O) groups excluding carboxylic acids is 3. The van der Waals surface area contributed by atoms with Gasteiger partial charge in [0.1, 0.15) is 5.70 Å². The number of aromatic nitrogens is 1. The summed E-state index contributed by atoms with van der Waals surface area (Å²) in [5, 5.41) is 9.23. The average molecular weight is 627 g/mol. The van der Waals surface area contributed by atoms with Crippen LogP contribution in [0.1, 0.15) is 29.3 Å². The van der Waals surface area contributed by atoms with Crippen LogP contribution in [0.2, 0.25) is 5.02 Å². The third kappa shape index (κ3) is 8.10. The highest BCUT2D eigenvalue weighted by Gasteiger charge is 2.20. The van der Waals surface area contributed by atoms with Crippen molar-refractivity contribution in [1.29, 1.82) is 0 Å². The predicted molar refractivity (Wildman–Crippen MR) is 177 cm³/mol. The first-order valence-electron chi connectivity index (χ1n) is 13.5. The number of benzene rings is 4. The standard InChI is InChI=1S/C33H27ClN4O3S2/c1-2-28(32(41)38-33-37-26-16-6-7-17-29(26)43-33)42-25-15-9-14-24(20-25)35-31(40)27(19-21-10-8-13-23(34)18-21)36-30(39)22-11-4-3-5-12-22/h3-20,28H,2H2,1H3,(H,35,40)(H,36,39)(H,37,38,41)/b27-19-. The van der Waals surface area contributed by atoms with Crippen LogP contribution in [0, 0.1) is 0 Å². The lowest BCUT2D eigenvalue weighted by Crippen LogP contribution is -2.30. The molecule has 1 aromatic heterocycles. The zero-order valence-electron chi connectivity index (χ0n) is 23.0. The Morgan fingerprint density at radius 1 is 0.907 bits per heavy atom. The van der Waals surface area contributed by atoms with E-state index in [0.717, 1.165) is 15.1 Å². The molecule has 5 rings (SSSR count). The minimum Gasteiger partial charge on any atom is -0.321 e. The number of anilines is 2. The van der Waals surface area contributed by atoms with E-state index in [1.54, 1.807) is 72.8 Å². The molecule has 0 spiro atoms. The molecule has 0 saturated heterocycles. The maximum Gasteiger partial charge on any atom is 0.272 e. The van der Waals surface area contributed by atoms with Gasteiger partial charge in [0.2, 0.25) is 5.91 Å². The molecule has 0 aliphatic rings. The van der Waals surface area contributed by atoms with E-state index < -0.39 is 11.8 Å². The highest BCUT2D eigenvalue weighted by molar-refractivity contribution is 8.00. The summed E-state index contributed by atoms with van der Waals surface area (Å²) in [6, 6.07) is 30.6. The van der Waals surface area contributed by atoms with Gasteiger partial charge in [0, 0.05) is 21.2 Å². The van der Waals surface area contributed by atoms with E-state index in [1.807, 2.05) is 43.3 Å². The quantitative estimate of drug-likeness (QED) is 0.108. The molecule has 3 N–H and O–H groups in total. The van der Waals surface area contributed by atoms with Gasteiger partial charge in [0.15, 0.2) is 5.13 Å². The molecule has 216 valence electrons. The van der Waals surface area contributed by atoms with E-state index in [0.29, 0.717) is 33.4 Å². The molecule has 3 amide bonds. The van der Waals surface area contributed by atoms with Crippen LogP contribution in [0.5, 0.6) is 0 Å². The molecular formula is C33H27ClN4O3S2. The summed E-state index contributed by atoms with van der Waals surface area (Å²) in [5.41, 5.74) is 2.48. The van der Waals surface area contributed by atoms with Crippen LogP contribution in [0.15, 0.2) is 114 Å². The second-order valence-corrected chi connectivity index (χ2v) is 12.1. The second kappa shape index (κ2) is 14.2. The summed E-state index contributed by atoms with van der Waals surface area (Å²) < 4.78 is 1.01. The van der Waals surface area contributed by atoms with E-state index in [4.69, 9.17) is 11.6 Å². The molecule has 0 aliphatic carbocycles. The van der Waals surface area contributed by atoms with E-state index in [9.17, 15) is 14.4 Å². The lowest BCUT2D eigenvalue weighted by Gasteiger charge is -2.15. The summed E-state index contributed by atoms with van der Waals surface area (Å²) in [6.07, 6.45) is 2.16. The maximum atomic E-state index is 13.4. The Balaban J connectivity index is 1.30. The van der Waals surface area contributed by atoms with Crippen molar-refractivity contribution in [2.24, 2.45) is 0 Å². The Kier molecular flexibility index (Phi) is 9.88. The Morgan fingerprint density at radius 2 is 1.67 bits per heavy atom. The number of hydrogen-bond donors (Lipinski definition) is 3. The monoisotopic (exact) mass is 626 g/mol. The fourth-order valence-corrected chi connectivity index (χ4v) is 6.23. The van der Waals surface area contributed by atoms with Gasteiger partial charge in [-0.05, 0) is 72.7 Å². The highest BCUT2D eigenvalue weighted by atomic mass is 35.5. The Labute approximate surface area is 262 Å². The second-order valence-electron chi connectivity index (χ2n) is 9.41. The number of thioether (sulfide) groups is 1. The minimum absolute atomic E-state index is 0.0517. The summed E-state index contributed by atoms with van der Waals surface area (Å²) in [4.78, 5) is 44.8. The van der Waals surface area contributed by atoms with Gasteiger partial charge < -0.3 is 16.0 Å². The molecule has 7 nitrogen and oxygen atoms in total. The van der Waals surface area contributed by atoms with Gasteiger partial charge in [0.25, 0.3) is 11.8 Å². The topological polar surface area (TPSA) is 100 Å². The number of carbonyl (C=O) groups is 3. The van der Waals surface area contributed by atoms with Crippen LogP contribution in [0.3, 0.4) is 0 Å². The van der Waals surface area contributed by atoms with Crippen molar-refractivity contribution in [1.82, 2.24) is 10.3 Å². The fraction of sp³-hybridized carbons (Fsp3) is 0.0909. The van der Waals surface area contributed by atoms with Crippen molar-refractivity contribution < 1.29 is 14.4 Å². The van der Waals surface area contributed by atoms with Crippen molar-refractivity contribution in [2.75, 3.05) is 10.6 Å². The third-order valence-corrected chi connectivity index (χ3v) is 8.79. The summed E-state index contributed by atoms with van der Waals surface area (Å²) in [6.45, 7) is 1.95. The van der Waals surface area contributed by atoms with Crippen LogP contribution in [0.25, 0.3) is 16.3 Å². The molecular weight excluding hydrogens is 600 g/mol. The summed E-state index contributed by atoms with van der Waals surface area (Å²) >= 11 is 8.98. The largest absolute Gasteiger partial charge is 0.321 e. The van der Waals surface area contributed by atoms with Gasteiger partial charge in [-0.2, -0.15) is 0 Å². The predicted octanol–water partition coefficient (Wildman–Crippen LogP) is 7.87. The first kappa shape index (κ1) is 30.0. The molecule has 10 heteroatoms. The fourth-order valence-electron chi connectivity index (χ4n) is 4.15. The van der Waals surface area contributed by atoms with Crippen LogP contribution < -0.4 is 16.0 Å². The van der Waals surface area contributed by atoms with Crippen molar-refractivity contribution in [2.45, 2.75) is 23.5 Å². The molecule has 0 radical (unpaired) electrons. The molecule has 0 fully saturated rings. The van der Waals surface area contributed by atoms with Crippen molar-refractivity contribution in [3.63, 3.8) is 0 Å². The zero-order chi connectivity index (χ0) is 30.2. The smallest absolute Gasteiger partial charge is 0.272 e. The normalized spacial score (nSPS) is 12.0. The number of hydrogen-bond acceptors (Lipinski definition) is 6. The van der Waals surface area contributed by atoms with Gasteiger partial charge >= 0.3 is 0 Å². The zero-order valence-corrected chi connectivity index (χ0v) is 25.4. The Hall–Kier alpha value is -4.44. The number of nitrogens with zero attached hydrogens (tertiary/aromatic N) is 1. The first-order chi connectivity index (χ1) is 20.9. The van der Waals surface area contributed by atoms with Crippen LogP contribution in [-0.2, 0) is 9.59 Å².